The van der Waals surface area contributed by atoms with Crippen LogP contribution >= 0.6 is 31.9 Å². The second kappa shape index (κ2) is 6.27. The first-order valence-electron chi connectivity index (χ1n) is 6.36. The van der Waals surface area contributed by atoms with Gasteiger partial charge in [-0.2, -0.15) is 0 Å². The van der Waals surface area contributed by atoms with E-state index in [1.54, 1.807) is 6.07 Å². The van der Waals surface area contributed by atoms with Crippen LogP contribution in [0.2, 0.25) is 0 Å². The molecule has 0 aliphatic rings. The van der Waals surface area contributed by atoms with Crippen LogP contribution in [0.5, 0.6) is 0 Å². The van der Waals surface area contributed by atoms with E-state index in [1.807, 2.05) is 6.07 Å². The molecule has 0 aliphatic heterocycles. The lowest BCUT2D eigenvalue weighted by Gasteiger charge is -2.20. The number of halogens is 3. The number of nitrogens with one attached hydrogen (secondary N) is 1. The van der Waals surface area contributed by atoms with Crippen LogP contribution in [0, 0.1) is 19.7 Å². The number of benzene rings is 2. The summed E-state index contributed by atoms with van der Waals surface area (Å²) < 4.78 is 14.9. The number of hydrogen-bond acceptors (Lipinski definition) is 1. The Bertz CT molecular complexity index is 617. The van der Waals surface area contributed by atoms with Crippen molar-refractivity contribution in [2.75, 3.05) is 5.32 Å². The largest absolute Gasteiger partial charge is 0.378 e. The average molecular weight is 401 g/mol. The molecule has 0 bridgehead atoms. The van der Waals surface area contributed by atoms with Gasteiger partial charge < -0.3 is 5.32 Å². The molecule has 0 heterocycles. The van der Waals surface area contributed by atoms with E-state index in [-0.39, 0.29) is 11.9 Å². The zero-order valence-corrected chi connectivity index (χ0v) is 14.8. The molecule has 2 aromatic rings. The summed E-state index contributed by atoms with van der Waals surface area (Å²) in [6.07, 6.45) is 0. The summed E-state index contributed by atoms with van der Waals surface area (Å²) in [5.74, 6) is -0.239. The van der Waals surface area contributed by atoms with E-state index in [4.69, 9.17) is 0 Å². The van der Waals surface area contributed by atoms with E-state index in [9.17, 15) is 4.39 Å². The Labute approximate surface area is 135 Å². The molecule has 0 aliphatic carbocycles. The topological polar surface area (TPSA) is 12.0 Å². The summed E-state index contributed by atoms with van der Waals surface area (Å²) in [7, 11) is 0. The minimum atomic E-state index is -0.239. The maximum absolute atomic E-state index is 13.3. The van der Waals surface area contributed by atoms with Crippen molar-refractivity contribution in [1.29, 1.82) is 0 Å². The number of anilines is 1. The fraction of sp³-hybridized carbons (Fsp3) is 0.250. The van der Waals surface area contributed by atoms with E-state index < -0.39 is 0 Å². The van der Waals surface area contributed by atoms with Gasteiger partial charge >= 0.3 is 0 Å². The maximum atomic E-state index is 13.3. The molecule has 4 heteroatoms. The zero-order valence-electron chi connectivity index (χ0n) is 11.6. The maximum Gasteiger partial charge on any atom is 0.137 e. The smallest absolute Gasteiger partial charge is 0.137 e. The summed E-state index contributed by atoms with van der Waals surface area (Å²) in [5, 5.41) is 3.50. The van der Waals surface area contributed by atoms with Crippen molar-refractivity contribution < 1.29 is 4.39 Å². The SMILES string of the molecule is Cc1cc(Br)cc(C)c1NC(C)c1ccc(F)c(Br)c1. The Morgan fingerprint density at radius 2 is 1.65 bits per heavy atom. The average Bonchev–Trinajstić information content (AvgIpc) is 2.36. The van der Waals surface area contributed by atoms with Gasteiger partial charge in [0.15, 0.2) is 0 Å². The van der Waals surface area contributed by atoms with Gasteiger partial charge in [-0.05, 0) is 77.7 Å². The highest BCUT2D eigenvalue weighted by molar-refractivity contribution is 9.10. The Kier molecular flexibility index (Phi) is 4.86. The minimum Gasteiger partial charge on any atom is -0.378 e. The predicted octanol–water partition coefficient (Wildman–Crippen LogP) is 6.14. The lowest BCUT2D eigenvalue weighted by molar-refractivity contribution is 0.619. The normalized spacial score (nSPS) is 12.3. The third kappa shape index (κ3) is 3.41. The lowest BCUT2D eigenvalue weighted by atomic mass is 10.0. The van der Waals surface area contributed by atoms with Crippen LogP contribution in [0.3, 0.4) is 0 Å². The highest BCUT2D eigenvalue weighted by Gasteiger charge is 2.11. The van der Waals surface area contributed by atoms with Gasteiger partial charge in [-0.3, -0.25) is 0 Å². The third-order valence-electron chi connectivity index (χ3n) is 3.30. The van der Waals surface area contributed by atoms with E-state index in [1.165, 1.54) is 17.2 Å². The van der Waals surface area contributed by atoms with E-state index in [0.29, 0.717) is 4.47 Å². The Morgan fingerprint density at radius 1 is 1.05 bits per heavy atom. The first-order chi connectivity index (χ1) is 9.38. The van der Waals surface area contributed by atoms with Crippen LogP contribution in [0.15, 0.2) is 39.3 Å². The summed E-state index contributed by atoms with van der Waals surface area (Å²) in [6.45, 7) is 6.22. The lowest BCUT2D eigenvalue weighted by Crippen LogP contribution is -2.09. The van der Waals surface area contributed by atoms with Crippen LogP contribution in [-0.4, -0.2) is 0 Å². The Morgan fingerprint density at radius 3 is 2.20 bits per heavy atom. The van der Waals surface area contributed by atoms with Crippen LogP contribution < -0.4 is 5.32 Å². The number of aryl methyl sites for hydroxylation is 2. The highest BCUT2D eigenvalue weighted by atomic mass is 79.9. The fourth-order valence-electron chi connectivity index (χ4n) is 2.22. The summed E-state index contributed by atoms with van der Waals surface area (Å²) in [6, 6.07) is 9.38. The third-order valence-corrected chi connectivity index (χ3v) is 4.37. The molecule has 0 spiro atoms. The van der Waals surface area contributed by atoms with Crippen LogP contribution in [-0.2, 0) is 0 Å². The molecule has 106 valence electrons. The van der Waals surface area contributed by atoms with E-state index in [0.717, 1.165) is 15.7 Å². The van der Waals surface area contributed by atoms with E-state index in [2.05, 4.69) is 70.1 Å². The van der Waals surface area contributed by atoms with Gasteiger partial charge in [-0.1, -0.05) is 22.0 Å². The first kappa shape index (κ1) is 15.5. The van der Waals surface area contributed by atoms with Crippen molar-refractivity contribution in [3.63, 3.8) is 0 Å². The summed E-state index contributed by atoms with van der Waals surface area (Å²) in [5.41, 5.74) is 4.54. The van der Waals surface area contributed by atoms with Crippen molar-refractivity contribution in [1.82, 2.24) is 0 Å². The molecule has 2 aromatic carbocycles. The second-order valence-corrected chi connectivity index (χ2v) is 6.72. The van der Waals surface area contributed by atoms with Crippen LogP contribution in [0.1, 0.15) is 29.7 Å². The standard InChI is InChI=1S/C16H16Br2FN/c1-9-6-13(17)7-10(2)16(9)20-11(3)12-4-5-15(19)14(18)8-12/h4-8,11,20H,1-3H3. The highest BCUT2D eigenvalue weighted by Crippen LogP contribution is 2.29. The van der Waals surface area contributed by atoms with Gasteiger partial charge in [0.2, 0.25) is 0 Å². The zero-order chi connectivity index (χ0) is 14.9. The molecule has 1 atom stereocenters. The molecular formula is C16H16Br2FN. The van der Waals surface area contributed by atoms with Gasteiger partial charge in [-0.15, -0.1) is 0 Å². The van der Waals surface area contributed by atoms with Gasteiger partial charge in [0.25, 0.3) is 0 Å². The molecule has 0 fully saturated rings. The molecule has 0 saturated carbocycles. The Balaban J connectivity index is 2.27. The number of rotatable bonds is 3. The van der Waals surface area contributed by atoms with Crippen molar-refractivity contribution >= 4 is 37.5 Å². The fourth-order valence-corrected chi connectivity index (χ4v) is 3.30. The molecule has 0 aromatic heterocycles. The van der Waals surface area contributed by atoms with Gasteiger partial charge in [-0.25, -0.2) is 4.39 Å². The molecular weight excluding hydrogens is 385 g/mol. The second-order valence-electron chi connectivity index (χ2n) is 4.95. The van der Waals surface area contributed by atoms with Crippen molar-refractivity contribution in [2.45, 2.75) is 26.8 Å². The van der Waals surface area contributed by atoms with Crippen molar-refractivity contribution in [3.05, 3.63) is 61.8 Å². The monoisotopic (exact) mass is 399 g/mol. The number of hydrogen-bond donors (Lipinski definition) is 1. The van der Waals surface area contributed by atoms with Crippen molar-refractivity contribution in [2.24, 2.45) is 0 Å². The van der Waals surface area contributed by atoms with Gasteiger partial charge in [0.1, 0.15) is 5.82 Å². The molecule has 2 rings (SSSR count). The molecule has 1 nitrogen and oxygen atoms in total. The molecule has 0 amide bonds. The van der Waals surface area contributed by atoms with Crippen LogP contribution in [0.4, 0.5) is 10.1 Å². The quantitative estimate of drug-likeness (QED) is 0.652. The molecule has 1 N–H and O–H groups in total. The van der Waals surface area contributed by atoms with Crippen molar-refractivity contribution in [3.8, 4) is 0 Å². The summed E-state index contributed by atoms with van der Waals surface area (Å²) >= 11 is 6.73. The predicted molar refractivity (Wildman–Crippen MR) is 89.8 cm³/mol. The first-order valence-corrected chi connectivity index (χ1v) is 7.95. The Hall–Kier alpha value is -0.870. The molecule has 20 heavy (non-hydrogen) atoms. The van der Waals surface area contributed by atoms with Crippen LogP contribution in [0.25, 0.3) is 0 Å². The molecule has 0 radical (unpaired) electrons. The summed E-state index contributed by atoms with van der Waals surface area (Å²) in [4.78, 5) is 0. The van der Waals surface area contributed by atoms with E-state index >= 15 is 0 Å². The molecule has 0 saturated heterocycles. The minimum absolute atomic E-state index is 0.102. The molecule has 1 unspecified atom stereocenters. The van der Waals surface area contributed by atoms with Gasteiger partial charge in [0, 0.05) is 16.2 Å². The van der Waals surface area contributed by atoms with Gasteiger partial charge in [0.05, 0.1) is 4.47 Å².